The van der Waals surface area contributed by atoms with Gasteiger partial charge >= 0.3 is 0 Å². The van der Waals surface area contributed by atoms with Gasteiger partial charge in [-0.1, -0.05) is 6.07 Å². The zero-order valence-electron chi connectivity index (χ0n) is 9.85. The molecule has 6 heteroatoms. The van der Waals surface area contributed by atoms with Crippen LogP contribution in [0.1, 0.15) is 25.2 Å². The first kappa shape index (κ1) is 11.8. The van der Waals surface area contributed by atoms with Crippen molar-refractivity contribution in [1.82, 2.24) is 19.7 Å². The van der Waals surface area contributed by atoms with Crippen molar-refractivity contribution in [3.8, 4) is 11.5 Å². The molecule has 2 aromatic rings. The van der Waals surface area contributed by atoms with Crippen LogP contribution in [-0.2, 0) is 6.42 Å². The summed E-state index contributed by atoms with van der Waals surface area (Å²) in [5.74, 6) is 1.50. The highest BCUT2D eigenvalue weighted by atomic mass is 79.9. The molecule has 18 heavy (non-hydrogen) atoms. The van der Waals surface area contributed by atoms with Crippen molar-refractivity contribution >= 4 is 15.9 Å². The van der Waals surface area contributed by atoms with Gasteiger partial charge in [-0.2, -0.15) is 0 Å². The van der Waals surface area contributed by atoms with Crippen molar-refractivity contribution in [3.63, 3.8) is 0 Å². The minimum Gasteiger partial charge on any atom is -0.304 e. The molecule has 2 atom stereocenters. The molecular weight excluding hydrogens is 299 g/mol. The Morgan fingerprint density at radius 2 is 2.28 bits per heavy atom. The van der Waals surface area contributed by atoms with E-state index in [4.69, 9.17) is 0 Å². The summed E-state index contributed by atoms with van der Waals surface area (Å²) in [6.45, 7) is 1.58. The zero-order chi connectivity index (χ0) is 12.7. The van der Waals surface area contributed by atoms with Crippen LogP contribution in [0, 0.1) is 0 Å². The molecule has 1 aliphatic rings. The van der Waals surface area contributed by atoms with Crippen molar-refractivity contribution in [3.05, 3.63) is 28.6 Å². The molecule has 0 spiro atoms. The highest BCUT2D eigenvalue weighted by Crippen LogP contribution is 2.33. The maximum Gasteiger partial charge on any atom is 0.183 e. The van der Waals surface area contributed by atoms with Crippen LogP contribution in [0.5, 0.6) is 0 Å². The van der Waals surface area contributed by atoms with Crippen LogP contribution in [0.25, 0.3) is 11.5 Å². The molecule has 0 N–H and O–H groups in total. The number of hydrogen-bond acceptors (Lipinski definition) is 3. The first-order valence-corrected chi connectivity index (χ1v) is 6.67. The van der Waals surface area contributed by atoms with Crippen molar-refractivity contribution in [2.75, 3.05) is 0 Å². The molecule has 94 valence electrons. The second-order valence-electron chi connectivity index (χ2n) is 4.44. The molecule has 0 radical (unpaired) electrons. The van der Waals surface area contributed by atoms with Gasteiger partial charge in [0.25, 0.3) is 0 Å². The molecule has 3 rings (SSSR count). The number of alkyl halides is 1. The normalized spacial score (nSPS) is 19.8. The summed E-state index contributed by atoms with van der Waals surface area (Å²) in [6, 6.07) is 5.42. The molecule has 4 nitrogen and oxygen atoms in total. The molecule has 2 aromatic heterocycles. The van der Waals surface area contributed by atoms with E-state index in [0.717, 1.165) is 29.0 Å². The fourth-order valence-electron chi connectivity index (χ4n) is 2.39. The van der Waals surface area contributed by atoms with Gasteiger partial charge in [0.2, 0.25) is 0 Å². The lowest BCUT2D eigenvalue weighted by Crippen LogP contribution is -2.15. The molecule has 0 aromatic carbocycles. The maximum atomic E-state index is 13.6. The van der Waals surface area contributed by atoms with Crippen LogP contribution in [0.2, 0.25) is 0 Å². The second kappa shape index (κ2) is 4.42. The van der Waals surface area contributed by atoms with Crippen LogP contribution in [0.15, 0.2) is 22.8 Å². The molecule has 3 heterocycles. The first-order chi connectivity index (χ1) is 8.66. The molecule has 0 unspecified atom stereocenters. The van der Waals surface area contributed by atoms with Crippen LogP contribution < -0.4 is 0 Å². The van der Waals surface area contributed by atoms with E-state index < -0.39 is 6.17 Å². The van der Waals surface area contributed by atoms with Crippen molar-refractivity contribution in [1.29, 1.82) is 0 Å². The number of aromatic nitrogens is 4. The smallest absolute Gasteiger partial charge is 0.183 e. The fourth-order valence-corrected chi connectivity index (χ4v) is 2.73. The molecule has 0 fully saturated rings. The summed E-state index contributed by atoms with van der Waals surface area (Å²) in [5, 5.41) is 8.27. The topological polar surface area (TPSA) is 43.6 Å². The third-order valence-corrected chi connectivity index (χ3v) is 3.68. The van der Waals surface area contributed by atoms with E-state index in [9.17, 15) is 4.39 Å². The first-order valence-electron chi connectivity index (χ1n) is 5.87. The van der Waals surface area contributed by atoms with E-state index in [1.807, 2.05) is 22.8 Å². The Balaban J connectivity index is 2.10. The Morgan fingerprint density at radius 1 is 1.44 bits per heavy atom. The average Bonchev–Trinajstić information content (AvgIpc) is 2.88. The monoisotopic (exact) mass is 310 g/mol. The summed E-state index contributed by atoms with van der Waals surface area (Å²) in [5.41, 5.74) is 0.718. The quantitative estimate of drug-likeness (QED) is 0.801. The maximum absolute atomic E-state index is 13.6. The summed E-state index contributed by atoms with van der Waals surface area (Å²) in [4.78, 5) is 4.36. The summed E-state index contributed by atoms with van der Waals surface area (Å²) < 4.78 is 16.3. The molecular formula is C12H12BrFN4. The minimum absolute atomic E-state index is 0.175. The minimum atomic E-state index is -0.909. The van der Waals surface area contributed by atoms with Gasteiger partial charge < -0.3 is 4.57 Å². The predicted octanol–water partition coefficient (Wildman–Crippen LogP) is 2.95. The van der Waals surface area contributed by atoms with Gasteiger partial charge in [0, 0.05) is 6.42 Å². The fraction of sp³-hybridized carbons (Fsp3) is 0.417. The number of fused-ring (bicyclic) bond motifs is 1. The van der Waals surface area contributed by atoms with E-state index in [2.05, 4.69) is 31.1 Å². The highest BCUT2D eigenvalue weighted by molar-refractivity contribution is 9.10. The SMILES string of the molecule is C[C@@H](F)[C@H]1CCc2nnc(-c3cccc(Br)n3)n21. The van der Waals surface area contributed by atoms with Gasteiger partial charge in [0.1, 0.15) is 22.3 Å². The zero-order valence-corrected chi connectivity index (χ0v) is 11.4. The number of pyridine rings is 1. The molecule has 0 aliphatic carbocycles. The standard InChI is InChI=1S/C12H12BrFN4/c1-7(14)9-5-6-11-16-17-12(18(9)11)8-3-2-4-10(13)15-8/h2-4,7,9H,5-6H2,1H3/t7-,9-/m1/s1. The Labute approximate surface area is 112 Å². The van der Waals surface area contributed by atoms with E-state index in [1.54, 1.807) is 6.92 Å². The van der Waals surface area contributed by atoms with Crippen LogP contribution in [-0.4, -0.2) is 25.9 Å². The summed E-state index contributed by atoms with van der Waals surface area (Å²) >= 11 is 3.33. The number of hydrogen-bond donors (Lipinski definition) is 0. The second-order valence-corrected chi connectivity index (χ2v) is 5.25. The Hall–Kier alpha value is -1.30. The predicted molar refractivity (Wildman–Crippen MR) is 68.9 cm³/mol. The number of rotatable bonds is 2. The van der Waals surface area contributed by atoms with Crippen LogP contribution in [0.3, 0.4) is 0 Å². The van der Waals surface area contributed by atoms with Crippen molar-refractivity contribution in [2.45, 2.75) is 32.0 Å². The molecule has 0 saturated carbocycles. The number of nitrogens with zero attached hydrogens (tertiary/aromatic N) is 4. The van der Waals surface area contributed by atoms with Gasteiger partial charge in [0.15, 0.2) is 5.82 Å². The van der Waals surface area contributed by atoms with Gasteiger partial charge in [0.05, 0.1) is 6.04 Å². The third-order valence-electron chi connectivity index (χ3n) is 3.24. The van der Waals surface area contributed by atoms with Crippen LogP contribution in [0.4, 0.5) is 4.39 Å². The van der Waals surface area contributed by atoms with Gasteiger partial charge in [-0.15, -0.1) is 10.2 Å². The Morgan fingerprint density at radius 3 is 3.00 bits per heavy atom. The Kier molecular flexibility index (Phi) is 2.89. The highest BCUT2D eigenvalue weighted by Gasteiger charge is 2.31. The van der Waals surface area contributed by atoms with E-state index in [-0.39, 0.29) is 6.04 Å². The lowest BCUT2D eigenvalue weighted by atomic mass is 10.1. The van der Waals surface area contributed by atoms with E-state index in [1.165, 1.54) is 0 Å². The van der Waals surface area contributed by atoms with Gasteiger partial charge in [-0.3, -0.25) is 0 Å². The number of halogens is 2. The van der Waals surface area contributed by atoms with E-state index >= 15 is 0 Å². The third kappa shape index (κ3) is 1.84. The Bertz CT molecular complexity index is 581. The van der Waals surface area contributed by atoms with Crippen LogP contribution >= 0.6 is 15.9 Å². The van der Waals surface area contributed by atoms with Gasteiger partial charge in [-0.05, 0) is 41.4 Å². The van der Waals surface area contributed by atoms with Crippen molar-refractivity contribution < 1.29 is 4.39 Å². The summed E-state index contributed by atoms with van der Waals surface area (Å²) in [6.07, 6.45) is 0.650. The van der Waals surface area contributed by atoms with E-state index in [0.29, 0.717) is 5.82 Å². The molecule has 0 bridgehead atoms. The largest absolute Gasteiger partial charge is 0.304 e. The van der Waals surface area contributed by atoms with Crippen molar-refractivity contribution in [2.24, 2.45) is 0 Å². The van der Waals surface area contributed by atoms with Gasteiger partial charge in [-0.25, -0.2) is 9.37 Å². The summed E-state index contributed by atoms with van der Waals surface area (Å²) in [7, 11) is 0. The molecule has 1 aliphatic heterocycles. The lowest BCUT2D eigenvalue weighted by molar-refractivity contribution is 0.257. The average molecular weight is 311 g/mol. The number of aryl methyl sites for hydroxylation is 1. The molecule has 0 saturated heterocycles. The lowest BCUT2D eigenvalue weighted by Gasteiger charge is -2.15. The molecule has 0 amide bonds.